The number of aliphatic hydroxyl groups is 2. The second-order valence-electron chi connectivity index (χ2n) is 18.3. The van der Waals surface area contributed by atoms with Crippen LogP contribution in [0.15, 0.2) is 164 Å². The van der Waals surface area contributed by atoms with E-state index in [9.17, 15) is 0 Å². The number of aromatic nitrogens is 6. The monoisotopic (exact) mass is 1680 g/mol. The second kappa shape index (κ2) is 43.5. The van der Waals surface area contributed by atoms with Gasteiger partial charge < -0.3 is 29.7 Å². The minimum atomic E-state index is -3.92. The fourth-order valence-corrected chi connectivity index (χ4v) is 9.63. The van der Waals surface area contributed by atoms with Gasteiger partial charge in [0.15, 0.2) is 0 Å². The van der Waals surface area contributed by atoms with Crippen molar-refractivity contribution in [2.24, 2.45) is 0 Å². The molecule has 8 aromatic heterocycles. The summed E-state index contributed by atoms with van der Waals surface area (Å²) in [6.45, 7) is -6.81. The minimum absolute atomic E-state index is 0. The van der Waals surface area contributed by atoms with E-state index in [1.54, 1.807) is 70.2 Å². The molecule has 0 fully saturated rings. The molecule has 22 heteroatoms. The van der Waals surface area contributed by atoms with E-state index in [-0.39, 0.29) is 92.2 Å². The Bertz CT molecular complexity index is 5310. The number of aryl methyl sites for hydroxylation is 8. The Morgan fingerprint density at radius 1 is 0.516 bits per heavy atom. The maximum atomic E-state index is 9.08. The Morgan fingerprint density at radius 2 is 0.968 bits per heavy atom. The standard InChI is InChI=1S/C18H14N2S.C18H13N2S.2C13H12N.C8H6.CH4O3S.2CH4O.B6.2Ir/c2*1-11-6-9-16(19-10-11)15-5-3-4-13-14-8-7-12(2)20-18(14)21-17(13)15;2*1-10-8-13(14-9-11(10)2)12-6-4-3-5-7-12;1-3-5-7-8-6-4-2;1-5(2,3)4;2*1-2;1-5(2)6(3)4;;/h3-10H,1-2H3;3-4,6-10H,1-2H3;2*3-6,8-9H,1-2H3;1-2H3;1H3,(H,2,3,4);2*2H,1H3;;;/q;3*-1;;;;;;;/p-1/i2*1D3,2D3,6D,9D;2*2D3;;;;;;;. The molecule has 11 nitrogen and oxygen atoms in total. The van der Waals surface area contributed by atoms with Crippen LogP contribution < -0.4 is 0 Å². The molecule has 0 bridgehead atoms. The van der Waals surface area contributed by atoms with Crippen LogP contribution in [-0.2, 0) is 50.3 Å². The Morgan fingerprint density at radius 3 is 1.39 bits per heavy atom. The van der Waals surface area contributed by atoms with Crippen molar-refractivity contribution in [3.05, 3.63) is 227 Å². The first kappa shape index (κ1) is 53.5. The normalized spacial score (nSPS) is 13.7. The van der Waals surface area contributed by atoms with E-state index in [4.69, 9.17) is 84.3 Å². The molecule has 478 valence electrons. The zero-order chi connectivity index (χ0) is 87.1. The van der Waals surface area contributed by atoms with Crippen LogP contribution in [0.1, 0.15) is 88.8 Å². The number of rotatable bonds is 5. The average Bonchev–Trinajstić information content (AvgIpc) is 1.61. The molecule has 4 aromatic carbocycles. The number of pyridine rings is 6. The van der Waals surface area contributed by atoms with Crippen LogP contribution in [0.2, 0.25) is 0 Å². The van der Waals surface area contributed by atoms with E-state index in [2.05, 4.69) is 83.6 Å². The molecule has 95 heavy (non-hydrogen) atoms. The van der Waals surface area contributed by atoms with Crippen molar-refractivity contribution >= 4 is 117 Å². The summed E-state index contributed by atoms with van der Waals surface area (Å²) in [5, 5.41) is 17.2. The van der Waals surface area contributed by atoms with Crippen molar-refractivity contribution in [2.45, 2.75) is 68.8 Å². The number of fused-ring (bicyclic) bond motifs is 6. The third-order valence-corrected chi connectivity index (χ3v) is 13.8. The van der Waals surface area contributed by atoms with Gasteiger partial charge in [0.05, 0.1) is 21.3 Å². The van der Waals surface area contributed by atoms with E-state index in [1.165, 1.54) is 47.2 Å². The van der Waals surface area contributed by atoms with Crippen molar-refractivity contribution in [3.63, 3.8) is 0 Å². The van der Waals surface area contributed by atoms with Crippen molar-refractivity contribution in [1.82, 2.24) is 29.9 Å². The average molecular weight is 1680 g/mol. The molecule has 12 aromatic rings. The van der Waals surface area contributed by atoms with Gasteiger partial charge in [-0.3, -0.25) is 4.98 Å². The molecular weight excluding hydrogens is 1590 g/mol. The van der Waals surface area contributed by atoms with Crippen molar-refractivity contribution in [3.8, 4) is 80.6 Å². The molecule has 8 heterocycles. The maximum Gasteiger partial charge on any atom is 0.124 e. The van der Waals surface area contributed by atoms with Crippen LogP contribution in [0, 0.1) is 109 Å². The van der Waals surface area contributed by atoms with Crippen molar-refractivity contribution in [2.75, 3.05) is 20.5 Å². The third kappa shape index (κ3) is 27.6. The van der Waals surface area contributed by atoms with E-state index in [1.807, 2.05) is 60.7 Å². The SMILES string of the molecule is CC#CC#CC#CC.CO.CO.CS(=O)(=O)[O-].[2H]C([2H])([2H])c1cnc(-c2[c-]cccc2)cc1C.[2H]C([2H])([2H])c1cnc(-c2[c-]cccc2)cc1C.[2H]c1c(C([2H])([2H])[2H])cnc(-c2[c-]ccc3c2sc2nc(C([2H])([2H])[2H])ccc23)c1[2H].[2H]c1c(C([2H])([2H])[2H])cnc(-c2cccc3c2sc2nc(C([2H])([2H])[2H])ccc23)c1[2H].[B]B([B])B([B])[B].[Ir].[Ir]. The van der Waals surface area contributed by atoms with Gasteiger partial charge in [0.1, 0.15) is 9.66 Å². The molecule has 0 saturated carbocycles. The van der Waals surface area contributed by atoms with E-state index >= 15 is 0 Å². The summed E-state index contributed by atoms with van der Waals surface area (Å²) in [4.78, 5) is 26.3. The van der Waals surface area contributed by atoms with Gasteiger partial charge in [-0.25, -0.2) is 18.4 Å². The fourth-order valence-electron chi connectivity index (χ4n) is 7.27. The Labute approximate surface area is 633 Å². The van der Waals surface area contributed by atoms with Crippen molar-refractivity contribution in [1.29, 1.82) is 0 Å². The van der Waals surface area contributed by atoms with Gasteiger partial charge in [-0.2, -0.15) is 11.3 Å². The molecule has 10 radical (unpaired) electrons. The summed E-state index contributed by atoms with van der Waals surface area (Å²) >= 11 is 2.53. The van der Waals surface area contributed by atoms with E-state index in [0.29, 0.717) is 42.9 Å². The summed E-state index contributed by atoms with van der Waals surface area (Å²) in [6, 6.07) is 41.6. The number of hydrogen-bond donors (Lipinski definition) is 2. The van der Waals surface area contributed by atoms with E-state index < -0.39 is 70.0 Å². The first-order valence-corrected chi connectivity index (χ1v) is 30.5. The van der Waals surface area contributed by atoms with Crippen LogP contribution in [0.5, 0.6) is 0 Å². The largest absolute Gasteiger partial charge is 0.748 e. The zero-order valence-corrected chi connectivity index (χ0v) is 59.2. The van der Waals surface area contributed by atoms with Crippen LogP contribution >= 0.6 is 22.7 Å². The molecule has 0 saturated heterocycles. The minimum Gasteiger partial charge on any atom is -0.748 e. The van der Waals surface area contributed by atoms with Crippen LogP contribution in [0.4, 0.5) is 0 Å². The molecule has 0 aliphatic heterocycles. The number of nitrogens with zero attached hydrogens (tertiary/aromatic N) is 6. The predicted octanol–water partition coefficient (Wildman–Crippen LogP) is 13.5. The van der Waals surface area contributed by atoms with Gasteiger partial charge in [0.25, 0.3) is 0 Å². The molecule has 0 aliphatic carbocycles. The van der Waals surface area contributed by atoms with Gasteiger partial charge in [-0.1, -0.05) is 82.9 Å². The number of hydrogen-bond acceptors (Lipinski definition) is 13. The Hall–Kier alpha value is -7.58. The summed E-state index contributed by atoms with van der Waals surface area (Å²) in [5.74, 6) is 15.5. The molecule has 0 aliphatic rings. The fraction of sp³-hybridized carbons (Fsp3) is 0.178. The van der Waals surface area contributed by atoms with Gasteiger partial charge >= 0.3 is 0 Å². The third-order valence-electron chi connectivity index (χ3n) is 11.5. The van der Waals surface area contributed by atoms with Gasteiger partial charge in [-0.15, -0.1) is 107 Å². The number of benzene rings is 4. The van der Waals surface area contributed by atoms with E-state index in [0.717, 1.165) is 86.5 Å². The molecule has 2 N–H and O–H groups in total. The molecular formula is C73H68B6Ir2N6O5S3-4. The Kier molecular flexibility index (Phi) is 24.5. The van der Waals surface area contributed by atoms with Gasteiger partial charge in [0, 0.05) is 186 Å². The molecule has 0 unspecified atom stereocenters. The Balaban J connectivity index is 0.000000492. The van der Waals surface area contributed by atoms with Gasteiger partial charge in [0.2, 0.25) is 0 Å². The zero-order valence-electron chi connectivity index (χ0n) is 73.9. The first-order chi connectivity index (χ1) is 53.5. The number of aliphatic hydroxyl groups excluding tert-OH is 2. The summed E-state index contributed by atoms with van der Waals surface area (Å²) < 4.78 is 196. The second-order valence-corrected chi connectivity index (χ2v) is 21.7. The number of thiophene rings is 2. The summed E-state index contributed by atoms with van der Waals surface area (Å²) in [6.07, 6.45) is 4.51. The smallest absolute Gasteiger partial charge is 0.124 e. The summed E-state index contributed by atoms with van der Waals surface area (Å²) in [5.41, 5.74) is 6.14. The van der Waals surface area contributed by atoms with Gasteiger partial charge in [-0.05, 0) is 166 Å². The molecule has 0 atom stereocenters. The predicted molar refractivity (Wildman–Crippen MR) is 396 cm³/mol. The molecule has 12 rings (SSSR count). The van der Waals surface area contributed by atoms with Crippen molar-refractivity contribution < 1.29 is 93.6 Å². The van der Waals surface area contributed by atoms with Crippen LogP contribution in [0.3, 0.4) is 0 Å². The molecule has 0 spiro atoms. The van der Waals surface area contributed by atoms with Crippen LogP contribution in [-0.4, -0.2) is 117 Å². The first-order valence-electron chi connectivity index (χ1n) is 38.0. The summed E-state index contributed by atoms with van der Waals surface area (Å²) in [7, 11) is 17.9. The molecule has 0 amide bonds. The van der Waals surface area contributed by atoms with Crippen LogP contribution in [0.25, 0.3) is 85.6 Å². The quantitative estimate of drug-likeness (QED) is 0.0726. The maximum absolute atomic E-state index is 9.08. The topological polar surface area (TPSA) is 175 Å².